The first-order valence-corrected chi connectivity index (χ1v) is 7.42. The van der Waals surface area contributed by atoms with Crippen LogP contribution in [0.2, 0.25) is 5.02 Å². The molecule has 3 rings (SSSR count). The van der Waals surface area contributed by atoms with Crippen molar-refractivity contribution >= 4 is 22.6 Å². The minimum absolute atomic E-state index is 0.411. The second kappa shape index (κ2) is 5.14. The van der Waals surface area contributed by atoms with Gasteiger partial charge in [-0.25, -0.2) is 4.98 Å². The molecule has 1 N–H and O–H groups in total. The van der Waals surface area contributed by atoms with Crippen molar-refractivity contribution in [2.45, 2.75) is 38.6 Å². The minimum Gasteiger partial charge on any atom is -0.325 e. The molecule has 0 atom stereocenters. The predicted molar refractivity (Wildman–Crippen MR) is 80.0 cm³/mol. The number of benzene rings is 1. The lowest BCUT2D eigenvalue weighted by atomic mass is 9.97. The van der Waals surface area contributed by atoms with Gasteiger partial charge in [-0.2, -0.15) is 0 Å². The third-order valence-electron chi connectivity index (χ3n) is 3.90. The van der Waals surface area contributed by atoms with E-state index in [0.717, 1.165) is 29.1 Å². The van der Waals surface area contributed by atoms with E-state index in [1.54, 1.807) is 0 Å². The summed E-state index contributed by atoms with van der Waals surface area (Å²) in [6, 6.07) is 6.40. The van der Waals surface area contributed by atoms with Crippen LogP contribution >= 0.6 is 11.6 Å². The van der Waals surface area contributed by atoms with Crippen molar-refractivity contribution in [3.8, 4) is 0 Å². The second-order valence-electron chi connectivity index (χ2n) is 5.59. The number of rotatable bonds is 2. The Hall–Kier alpha value is -1.06. The van der Waals surface area contributed by atoms with Crippen molar-refractivity contribution in [2.75, 3.05) is 13.1 Å². The largest absolute Gasteiger partial charge is 0.325 e. The topological polar surface area (TPSA) is 29.9 Å². The maximum absolute atomic E-state index is 6.14. The molecule has 19 heavy (non-hydrogen) atoms. The molecular formula is C15H20ClN3. The van der Waals surface area contributed by atoms with E-state index in [9.17, 15) is 0 Å². The Labute approximate surface area is 119 Å². The predicted octanol–water partition coefficient (Wildman–Crippen LogP) is 3.74. The van der Waals surface area contributed by atoms with E-state index in [2.05, 4.69) is 23.7 Å². The van der Waals surface area contributed by atoms with E-state index < -0.39 is 0 Å². The summed E-state index contributed by atoms with van der Waals surface area (Å²) in [4.78, 5) is 4.88. The Morgan fingerprint density at radius 1 is 1.32 bits per heavy atom. The number of hydrogen-bond donors (Lipinski definition) is 1. The van der Waals surface area contributed by atoms with Gasteiger partial charge >= 0.3 is 0 Å². The highest BCUT2D eigenvalue weighted by Crippen LogP contribution is 2.31. The molecule has 4 heteroatoms. The summed E-state index contributed by atoms with van der Waals surface area (Å²) in [7, 11) is 0. The second-order valence-corrected chi connectivity index (χ2v) is 6.03. The van der Waals surface area contributed by atoms with E-state index in [-0.39, 0.29) is 0 Å². The molecular weight excluding hydrogens is 258 g/mol. The van der Waals surface area contributed by atoms with Gasteiger partial charge in [0.15, 0.2) is 0 Å². The zero-order valence-electron chi connectivity index (χ0n) is 11.5. The molecule has 0 bridgehead atoms. The Morgan fingerprint density at radius 2 is 2.05 bits per heavy atom. The summed E-state index contributed by atoms with van der Waals surface area (Å²) in [5.41, 5.74) is 2.22. The Balaban J connectivity index is 2.14. The van der Waals surface area contributed by atoms with Gasteiger partial charge in [0.25, 0.3) is 0 Å². The molecule has 1 fully saturated rings. The van der Waals surface area contributed by atoms with Crippen LogP contribution in [0.15, 0.2) is 18.2 Å². The van der Waals surface area contributed by atoms with Crippen molar-refractivity contribution in [1.29, 1.82) is 0 Å². The average Bonchev–Trinajstić information content (AvgIpc) is 2.78. The van der Waals surface area contributed by atoms with Crippen LogP contribution in [0.1, 0.15) is 44.5 Å². The summed E-state index contributed by atoms with van der Waals surface area (Å²) in [5, 5.41) is 4.20. The van der Waals surface area contributed by atoms with E-state index in [1.807, 2.05) is 18.2 Å². The first-order chi connectivity index (χ1) is 9.16. The molecule has 2 aromatic rings. The third kappa shape index (κ3) is 2.37. The minimum atomic E-state index is 0.411. The Morgan fingerprint density at radius 3 is 2.74 bits per heavy atom. The molecule has 1 aliphatic heterocycles. The van der Waals surface area contributed by atoms with Gasteiger partial charge in [-0.05, 0) is 58.0 Å². The van der Waals surface area contributed by atoms with Crippen molar-refractivity contribution in [3.63, 3.8) is 0 Å². The molecule has 0 amide bonds. The number of nitrogens with zero attached hydrogens (tertiary/aromatic N) is 2. The highest BCUT2D eigenvalue weighted by molar-refractivity contribution is 6.31. The molecule has 0 radical (unpaired) electrons. The van der Waals surface area contributed by atoms with Crippen molar-refractivity contribution in [2.24, 2.45) is 0 Å². The number of hydrogen-bond acceptors (Lipinski definition) is 2. The molecule has 0 spiro atoms. The number of piperidine rings is 1. The van der Waals surface area contributed by atoms with E-state index in [4.69, 9.17) is 16.6 Å². The van der Waals surface area contributed by atoms with Gasteiger partial charge in [0.2, 0.25) is 0 Å². The summed E-state index contributed by atoms with van der Waals surface area (Å²) < 4.78 is 2.36. The molecule has 102 valence electrons. The third-order valence-corrected chi connectivity index (χ3v) is 4.13. The van der Waals surface area contributed by atoms with Crippen LogP contribution in [0.3, 0.4) is 0 Å². The van der Waals surface area contributed by atoms with Crippen molar-refractivity contribution < 1.29 is 0 Å². The van der Waals surface area contributed by atoms with Crippen LogP contribution in [0.4, 0.5) is 0 Å². The maximum atomic E-state index is 6.14. The number of imidazole rings is 1. The molecule has 1 aromatic carbocycles. The van der Waals surface area contributed by atoms with E-state index >= 15 is 0 Å². The Kier molecular flexibility index (Phi) is 3.50. The van der Waals surface area contributed by atoms with Gasteiger partial charge in [0.1, 0.15) is 5.82 Å². The average molecular weight is 278 g/mol. The van der Waals surface area contributed by atoms with Crippen LogP contribution in [-0.4, -0.2) is 22.6 Å². The lowest BCUT2D eigenvalue weighted by Gasteiger charge is -2.24. The fourth-order valence-corrected chi connectivity index (χ4v) is 3.16. The molecule has 0 saturated carbocycles. The zero-order chi connectivity index (χ0) is 13.4. The molecule has 0 unspecified atom stereocenters. The summed E-state index contributed by atoms with van der Waals surface area (Å²) >= 11 is 6.14. The van der Waals surface area contributed by atoms with Crippen LogP contribution < -0.4 is 5.32 Å². The quantitative estimate of drug-likeness (QED) is 0.906. The van der Waals surface area contributed by atoms with Crippen LogP contribution in [-0.2, 0) is 0 Å². The molecule has 0 aliphatic carbocycles. The number of halogens is 1. The van der Waals surface area contributed by atoms with E-state index in [1.165, 1.54) is 18.7 Å². The van der Waals surface area contributed by atoms with Gasteiger partial charge < -0.3 is 9.88 Å². The van der Waals surface area contributed by atoms with Gasteiger partial charge in [-0.1, -0.05) is 11.6 Å². The lowest BCUT2D eigenvalue weighted by molar-refractivity contribution is 0.423. The van der Waals surface area contributed by atoms with Gasteiger partial charge in [0.05, 0.1) is 11.0 Å². The fourth-order valence-electron chi connectivity index (χ4n) is 3.00. The molecule has 1 saturated heterocycles. The zero-order valence-corrected chi connectivity index (χ0v) is 12.2. The highest BCUT2D eigenvalue weighted by Gasteiger charge is 2.23. The summed E-state index contributed by atoms with van der Waals surface area (Å²) in [5.74, 6) is 1.79. The highest BCUT2D eigenvalue weighted by atomic mass is 35.5. The monoisotopic (exact) mass is 277 g/mol. The summed E-state index contributed by atoms with van der Waals surface area (Å²) in [6.45, 7) is 6.61. The molecule has 1 aromatic heterocycles. The SMILES string of the molecule is CC(C)n1c(C2CCNCC2)nc2ccc(Cl)cc21. The Bertz CT molecular complexity index is 582. The van der Waals surface area contributed by atoms with Crippen LogP contribution in [0.25, 0.3) is 11.0 Å². The van der Waals surface area contributed by atoms with Crippen LogP contribution in [0.5, 0.6) is 0 Å². The fraction of sp³-hybridized carbons (Fsp3) is 0.533. The van der Waals surface area contributed by atoms with Gasteiger partial charge in [0, 0.05) is 17.0 Å². The van der Waals surface area contributed by atoms with Gasteiger partial charge in [-0.15, -0.1) is 0 Å². The number of aromatic nitrogens is 2. The standard InChI is InChI=1S/C15H20ClN3/c1-10(2)19-14-9-12(16)3-4-13(14)18-15(19)11-5-7-17-8-6-11/h3-4,9-11,17H,5-8H2,1-2H3. The van der Waals surface area contributed by atoms with E-state index in [0.29, 0.717) is 12.0 Å². The normalized spacial score (nSPS) is 17.5. The summed E-state index contributed by atoms with van der Waals surface area (Å²) in [6.07, 6.45) is 2.34. The smallest absolute Gasteiger partial charge is 0.113 e. The van der Waals surface area contributed by atoms with Crippen molar-refractivity contribution in [1.82, 2.24) is 14.9 Å². The van der Waals surface area contributed by atoms with Crippen molar-refractivity contribution in [3.05, 3.63) is 29.0 Å². The molecule has 3 nitrogen and oxygen atoms in total. The lowest BCUT2D eigenvalue weighted by Crippen LogP contribution is -2.28. The molecule has 1 aliphatic rings. The number of fused-ring (bicyclic) bond motifs is 1. The first-order valence-electron chi connectivity index (χ1n) is 7.05. The van der Waals surface area contributed by atoms with Gasteiger partial charge in [-0.3, -0.25) is 0 Å². The first kappa shape index (κ1) is 12.9. The maximum Gasteiger partial charge on any atom is 0.113 e. The number of nitrogens with one attached hydrogen (secondary N) is 1. The molecule has 2 heterocycles. The van der Waals surface area contributed by atoms with Crippen LogP contribution in [0, 0.1) is 0 Å².